The maximum atomic E-state index is 14.9. The summed E-state index contributed by atoms with van der Waals surface area (Å²) in [5.41, 5.74) is 0.461. The molecule has 0 N–H and O–H groups in total. The lowest BCUT2D eigenvalue weighted by Gasteiger charge is -2.27. The van der Waals surface area contributed by atoms with Crippen LogP contribution in [0.5, 0.6) is 11.5 Å². The number of benzene rings is 2. The second-order valence-electron chi connectivity index (χ2n) is 7.79. The van der Waals surface area contributed by atoms with Gasteiger partial charge < -0.3 is 18.9 Å². The van der Waals surface area contributed by atoms with Gasteiger partial charge >= 0.3 is 12.1 Å². The zero-order chi connectivity index (χ0) is 25.8. The van der Waals surface area contributed by atoms with Crippen LogP contribution >= 0.6 is 0 Å². The molecule has 1 aromatic heterocycles. The van der Waals surface area contributed by atoms with E-state index in [1.54, 1.807) is 32.0 Å². The highest BCUT2D eigenvalue weighted by Gasteiger charge is 2.38. The number of nitrogens with zero attached hydrogens (tertiary/aromatic N) is 3. The smallest absolute Gasteiger partial charge is 0.471 e. The van der Waals surface area contributed by atoms with Crippen molar-refractivity contribution < 1.29 is 36.4 Å². The van der Waals surface area contributed by atoms with Gasteiger partial charge in [-0.3, -0.25) is 4.79 Å². The summed E-state index contributed by atoms with van der Waals surface area (Å²) in [6, 6.07) is 8.40. The van der Waals surface area contributed by atoms with Gasteiger partial charge in [0.25, 0.3) is 5.91 Å². The molecule has 2 aromatic carbocycles. The molecule has 0 unspecified atom stereocenters. The van der Waals surface area contributed by atoms with Gasteiger partial charge in [0.2, 0.25) is 5.82 Å². The van der Waals surface area contributed by atoms with E-state index in [2.05, 4.69) is 14.7 Å². The first-order chi connectivity index (χ1) is 16.5. The largest absolute Gasteiger partial charge is 0.490 e. The molecule has 0 spiro atoms. The van der Waals surface area contributed by atoms with E-state index in [0.717, 1.165) is 11.6 Å². The highest BCUT2D eigenvalue weighted by Crippen LogP contribution is 2.31. The summed E-state index contributed by atoms with van der Waals surface area (Å²) in [5, 5.41) is 3.24. The molecule has 3 aromatic rings. The first-order valence-corrected chi connectivity index (χ1v) is 10.9. The first kappa shape index (κ1) is 26.0. The van der Waals surface area contributed by atoms with Gasteiger partial charge in [-0.05, 0) is 57.5 Å². The molecule has 0 aliphatic heterocycles. The SMILES string of the molecule is CCOc1ccc(CN(C(=O)c2ccc(-c3noc(C(F)(F)F)n3)cc2F)C(C)C)cc1OCC. The van der Waals surface area contributed by atoms with Crippen molar-refractivity contribution in [2.45, 2.75) is 46.5 Å². The van der Waals surface area contributed by atoms with Crippen molar-refractivity contribution in [3.8, 4) is 22.9 Å². The van der Waals surface area contributed by atoms with E-state index in [1.807, 2.05) is 13.8 Å². The Kier molecular flexibility index (Phi) is 7.98. The molecule has 11 heteroatoms. The monoisotopic (exact) mass is 495 g/mol. The molecule has 1 amide bonds. The minimum absolute atomic E-state index is 0.0535. The Hall–Kier alpha value is -3.63. The predicted octanol–water partition coefficient (Wildman–Crippen LogP) is 5.74. The standard InChI is InChI=1S/C24H25F4N3O4/c1-5-33-19-10-7-15(11-20(19)34-6-2)13-31(14(3)4)22(32)17-9-8-16(12-18(17)25)21-29-23(35-30-21)24(26,27)28/h7-12,14H,5-6,13H2,1-4H3. The normalized spacial score (nSPS) is 11.6. The van der Waals surface area contributed by atoms with Crippen molar-refractivity contribution >= 4 is 5.91 Å². The Bertz CT molecular complexity index is 1180. The van der Waals surface area contributed by atoms with Crippen molar-refractivity contribution in [3.63, 3.8) is 0 Å². The molecule has 0 atom stereocenters. The molecule has 0 aliphatic carbocycles. The van der Waals surface area contributed by atoms with E-state index in [9.17, 15) is 22.4 Å². The molecule has 1 heterocycles. The van der Waals surface area contributed by atoms with Crippen LogP contribution in [-0.4, -0.2) is 40.2 Å². The Morgan fingerprint density at radius 2 is 1.74 bits per heavy atom. The number of rotatable bonds is 9. The molecular formula is C24H25F4N3O4. The van der Waals surface area contributed by atoms with E-state index < -0.39 is 29.6 Å². The summed E-state index contributed by atoms with van der Waals surface area (Å²) in [7, 11) is 0. The number of alkyl halides is 3. The number of carbonyl (C=O) groups is 1. The minimum Gasteiger partial charge on any atom is -0.490 e. The fraction of sp³-hybridized carbons (Fsp3) is 0.375. The summed E-state index contributed by atoms with van der Waals surface area (Å²) in [6.07, 6.45) is -4.82. The van der Waals surface area contributed by atoms with Crippen molar-refractivity contribution in [2.24, 2.45) is 0 Å². The molecule has 0 radical (unpaired) electrons. The molecule has 3 rings (SSSR count). The van der Waals surface area contributed by atoms with Gasteiger partial charge in [0.1, 0.15) is 5.82 Å². The fourth-order valence-corrected chi connectivity index (χ4v) is 3.32. The maximum Gasteiger partial charge on any atom is 0.471 e. The van der Waals surface area contributed by atoms with Crippen LogP contribution in [-0.2, 0) is 12.7 Å². The number of aromatic nitrogens is 2. The number of carbonyl (C=O) groups excluding carboxylic acids is 1. The maximum absolute atomic E-state index is 14.9. The van der Waals surface area contributed by atoms with Gasteiger partial charge in [-0.25, -0.2) is 4.39 Å². The first-order valence-electron chi connectivity index (χ1n) is 10.9. The van der Waals surface area contributed by atoms with Gasteiger partial charge in [-0.1, -0.05) is 17.3 Å². The lowest BCUT2D eigenvalue weighted by atomic mass is 10.1. The summed E-state index contributed by atoms with van der Waals surface area (Å²) >= 11 is 0. The molecule has 0 saturated heterocycles. The molecule has 0 fully saturated rings. The Morgan fingerprint density at radius 1 is 1.06 bits per heavy atom. The predicted molar refractivity (Wildman–Crippen MR) is 118 cm³/mol. The van der Waals surface area contributed by atoms with Crippen LogP contribution < -0.4 is 9.47 Å². The third kappa shape index (κ3) is 6.09. The highest BCUT2D eigenvalue weighted by molar-refractivity contribution is 5.95. The molecule has 7 nitrogen and oxygen atoms in total. The van der Waals surface area contributed by atoms with Crippen LogP contribution in [0.4, 0.5) is 17.6 Å². The fourth-order valence-electron chi connectivity index (χ4n) is 3.32. The summed E-state index contributed by atoms with van der Waals surface area (Å²) in [6.45, 7) is 8.35. The average Bonchev–Trinajstić information content (AvgIpc) is 3.30. The summed E-state index contributed by atoms with van der Waals surface area (Å²) < 4.78 is 68.4. The van der Waals surface area contributed by atoms with Gasteiger partial charge in [0.15, 0.2) is 11.5 Å². The molecule has 35 heavy (non-hydrogen) atoms. The van der Waals surface area contributed by atoms with Gasteiger partial charge in [-0.15, -0.1) is 0 Å². The average molecular weight is 495 g/mol. The summed E-state index contributed by atoms with van der Waals surface area (Å²) in [5.74, 6) is -2.36. The van der Waals surface area contributed by atoms with Crippen LogP contribution in [0.25, 0.3) is 11.4 Å². The lowest BCUT2D eigenvalue weighted by Crippen LogP contribution is -2.36. The molecular weight excluding hydrogens is 470 g/mol. The number of hydrogen-bond acceptors (Lipinski definition) is 6. The topological polar surface area (TPSA) is 77.7 Å². The van der Waals surface area contributed by atoms with Gasteiger partial charge in [-0.2, -0.15) is 18.2 Å². The minimum atomic E-state index is -4.82. The van der Waals surface area contributed by atoms with Crippen LogP contribution in [0.15, 0.2) is 40.9 Å². The number of hydrogen-bond donors (Lipinski definition) is 0. The van der Waals surface area contributed by atoms with Crippen molar-refractivity contribution in [1.29, 1.82) is 0 Å². The van der Waals surface area contributed by atoms with Crippen molar-refractivity contribution in [3.05, 3.63) is 59.2 Å². The van der Waals surface area contributed by atoms with E-state index in [0.29, 0.717) is 24.7 Å². The highest BCUT2D eigenvalue weighted by atomic mass is 19.4. The molecule has 0 aliphatic rings. The Morgan fingerprint density at radius 3 is 2.31 bits per heavy atom. The summed E-state index contributed by atoms with van der Waals surface area (Å²) in [4.78, 5) is 17.9. The molecule has 0 saturated carbocycles. The number of amides is 1. The second-order valence-corrected chi connectivity index (χ2v) is 7.79. The zero-order valence-corrected chi connectivity index (χ0v) is 19.6. The Balaban J connectivity index is 1.85. The van der Waals surface area contributed by atoms with E-state index in [4.69, 9.17) is 9.47 Å². The van der Waals surface area contributed by atoms with E-state index in [-0.39, 0.29) is 23.7 Å². The zero-order valence-electron chi connectivity index (χ0n) is 19.6. The van der Waals surface area contributed by atoms with Crippen molar-refractivity contribution in [2.75, 3.05) is 13.2 Å². The quantitative estimate of drug-likeness (QED) is 0.352. The van der Waals surface area contributed by atoms with Gasteiger partial charge in [0, 0.05) is 18.2 Å². The number of halogens is 4. The van der Waals surface area contributed by atoms with Crippen LogP contribution in [0.1, 0.15) is 49.5 Å². The van der Waals surface area contributed by atoms with E-state index in [1.165, 1.54) is 17.0 Å². The lowest BCUT2D eigenvalue weighted by molar-refractivity contribution is -0.159. The van der Waals surface area contributed by atoms with Crippen LogP contribution in [0, 0.1) is 5.82 Å². The van der Waals surface area contributed by atoms with E-state index >= 15 is 0 Å². The third-order valence-electron chi connectivity index (χ3n) is 4.97. The van der Waals surface area contributed by atoms with Gasteiger partial charge in [0.05, 0.1) is 18.8 Å². The third-order valence-corrected chi connectivity index (χ3v) is 4.97. The molecule has 188 valence electrons. The molecule has 0 bridgehead atoms. The van der Waals surface area contributed by atoms with Crippen LogP contribution in [0.3, 0.4) is 0 Å². The van der Waals surface area contributed by atoms with Crippen molar-refractivity contribution in [1.82, 2.24) is 15.0 Å². The number of ether oxygens (including phenoxy) is 2. The van der Waals surface area contributed by atoms with Crippen LogP contribution in [0.2, 0.25) is 0 Å². The Labute approximate surface area is 199 Å². The second kappa shape index (κ2) is 10.7.